The van der Waals surface area contributed by atoms with Gasteiger partial charge in [0.2, 0.25) is 0 Å². The van der Waals surface area contributed by atoms with E-state index in [2.05, 4.69) is 15.9 Å². The number of nitrogens with two attached hydrogens (primary N) is 1. The second kappa shape index (κ2) is 4.98. The number of nitrogen functional groups attached to an aromatic ring is 1. The van der Waals surface area contributed by atoms with Crippen molar-refractivity contribution < 1.29 is 4.74 Å². The summed E-state index contributed by atoms with van der Waals surface area (Å²) in [5.74, 6) is 1.50. The molecule has 0 aliphatic carbocycles. The van der Waals surface area contributed by atoms with Gasteiger partial charge in [0.05, 0.1) is 4.47 Å². The first kappa shape index (κ1) is 12.3. The minimum Gasteiger partial charge on any atom is -0.456 e. The lowest BCUT2D eigenvalue weighted by Crippen LogP contribution is -1.90. The number of hydrogen-bond donors (Lipinski definition) is 1. The molecule has 2 nitrogen and oxygen atoms in total. The summed E-state index contributed by atoms with van der Waals surface area (Å²) in [4.78, 5) is 0. The van der Waals surface area contributed by atoms with Crippen molar-refractivity contribution in [2.24, 2.45) is 0 Å². The third-order valence-corrected chi connectivity index (χ3v) is 3.17. The highest BCUT2D eigenvalue weighted by Gasteiger charge is 2.05. The van der Waals surface area contributed by atoms with E-state index in [4.69, 9.17) is 22.1 Å². The molecule has 0 saturated carbocycles. The molecule has 88 valence electrons. The average molecular weight is 313 g/mol. The van der Waals surface area contributed by atoms with Crippen LogP contribution in [0.1, 0.15) is 5.56 Å². The predicted molar refractivity (Wildman–Crippen MR) is 74.8 cm³/mol. The Morgan fingerprint density at radius 2 is 1.82 bits per heavy atom. The highest BCUT2D eigenvalue weighted by molar-refractivity contribution is 9.10. The molecule has 0 radical (unpaired) electrons. The van der Waals surface area contributed by atoms with E-state index in [9.17, 15) is 0 Å². The third kappa shape index (κ3) is 2.93. The van der Waals surface area contributed by atoms with Crippen molar-refractivity contribution in [3.05, 3.63) is 51.5 Å². The van der Waals surface area contributed by atoms with Crippen LogP contribution >= 0.6 is 27.5 Å². The zero-order valence-electron chi connectivity index (χ0n) is 9.21. The van der Waals surface area contributed by atoms with Gasteiger partial charge in [0.25, 0.3) is 0 Å². The van der Waals surface area contributed by atoms with E-state index in [0.29, 0.717) is 10.7 Å². The molecule has 4 heteroatoms. The van der Waals surface area contributed by atoms with Gasteiger partial charge in [-0.1, -0.05) is 11.6 Å². The van der Waals surface area contributed by atoms with E-state index in [0.717, 1.165) is 21.5 Å². The largest absolute Gasteiger partial charge is 0.456 e. The van der Waals surface area contributed by atoms with Crippen molar-refractivity contribution in [2.45, 2.75) is 6.92 Å². The summed E-state index contributed by atoms with van der Waals surface area (Å²) >= 11 is 9.30. The fourth-order valence-corrected chi connectivity index (χ4v) is 2.15. The normalized spacial score (nSPS) is 10.3. The minimum absolute atomic E-state index is 0.692. The zero-order chi connectivity index (χ0) is 12.4. The predicted octanol–water partition coefficient (Wildman–Crippen LogP) is 4.79. The lowest BCUT2D eigenvalue weighted by atomic mass is 10.2. The molecule has 0 bridgehead atoms. The summed E-state index contributed by atoms with van der Waals surface area (Å²) in [5.41, 5.74) is 7.35. The molecule has 2 N–H and O–H groups in total. The number of ether oxygens (including phenoxy) is 1. The van der Waals surface area contributed by atoms with Crippen LogP contribution in [0.25, 0.3) is 0 Å². The van der Waals surface area contributed by atoms with Crippen LogP contribution in [-0.2, 0) is 0 Å². The van der Waals surface area contributed by atoms with E-state index in [1.54, 1.807) is 18.2 Å². The first-order chi connectivity index (χ1) is 8.06. The Morgan fingerprint density at radius 1 is 1.12 bits per heavy atom. The molecule has 2 rings (SSSR count). The SMILES string of the molecule is Cc1cc(Cl)ccc1Oc1ccc(N)cc1Br. The van der Waals surface area contributed by atoms with Gasteiger partial charge in [0, 0.05) is 10.7 Å². The number of aryl methyl sites for hydroxylation is 1. The van der Waals surface area contributed by atoms with Crippen LogP contribution < -0.4 is 10.5 Å². The van der Waals surface area contributed by atoms with Gasteiger partial charge < -0.3 is 10.5 Å². The highest BCUT2D eigenvalue weighted by Crippen LogP contribution is 2.33. The van der Waals surface area contributed by atoms with E-state index in [1.165, 1.54) is 0 Å². The third-order valence-electron chi connectivity index (χ3n) is 2.31. The second-order valence-electron chi connectivity index (χ2n) is 3.70. The summed E-state index contributed by atoms with van der Waals surface area (Å²) in [5, 5.41) is 0.700. The lowest BCUT2D eigenvalue weighted by molar-refractivity contribution is 0.476. The van der Waals surface area contributed by atoms with E-state index in [-0.39, 0.29) is 0 Å². The molecular weight excluding hydrogens is 302 g/mol. The van der Waals surface area contributed by atoms with Gasteiger partial charge in [0.15, 0.2) is 0 Å². The summed E-state index contributed by atoms with van der Waals surface area (Å²) < 4.78 is 6.61. The molecule has 0 aliphatic heterocycles. The second-order valence-corrected chi connectivity index (χ2v) is 4.99. The molecule has 0 heterocycles. The zero-order valence-corrected chi connectivity index (χ0v) is 11.5. The molecule has 0 fully saturated rings. The van der Waals surface area contributed by atoms with E-state index >= 15 is 0 Å². The quantitative estimate of drug-likeness (QED) is 0.810. The Morgan fingerprint density at radius 3 is 2.47 bits per heavy atom. The van der Waals surface area contributed by atoms with Gasteiger partial charge >= 0.3 is 0 Å². The molecule has 0 spiro atoms. The molecule has 17 heavy (non-hydrogen) atoms. The first-order valence-corrected chi connectivity index (χ1v) is 6.22. The van der Waals surface area contributed by atoms with Crippen molar-refractivity contribution >= 4 is 33.2 Å². The van der Waals surface area contributed by atoms with Crippen molar-refractivity contribution in [3.63, 3.8) is 0 Å². The topological polar surface area (TPSA) is 35.2 Å². The van der Waals surface area contributed by atoms with Gasteiger partial charge in [-0.2, -0.15) is 0 Å². The molecule has 0 aliphatic rings. The van der Waals surface area contributed by atoms with Gasteiger partial charge in [-0.05, 0) is 64.8 Å². The van der Waals surface area contributed by atoms with E-state index in [1.807, 2.05) is 25.1 Å². The molecule has 2 aromatic carbocycles. The minimum atomic E-state index is 0.692. The van der Waals surface area contributed by atoms with Crippen molar-refractivity contribution in [2.75, 3.05) is 5.73 Å². The molecular formula is C13H11BrClNO. The lowest BCUT2D eigenvalue weighted by Gasteiger charge is -2.10. The number of halogens is 2. The number of anilines is 1. The number of hydrogen-bond acceptors (Lipinski definition) is 2. The Kier molecular flexibility index (Phi) is 3.60. The fourth-order valence-electron chi connectivity index (χ4n) is 1.45. The monoisotopic (exact) mass is 311 g/mol. The number of benzene rings is 2. The van der Waals surface area contributed by atoms with Crippen LogP contribution in [0.4, 0.5) is 5.69 Å². The summed E-state index contributed by atoms with van der Waals surface area (Å²) in [6.07, 6.45) is 0. The summed E-state index contributed by atoms with van der Waals surface area (Å²) in [6.45, 7) is 1.95. The molecule has 0 saturated heterocycles. The maximum Gasteiger partial charge on any atom is 0.141 e. The van der Waals surface area contributed by atoms with Gasteiger partial charge in [-0.25, -0.2) is 0 Å². The summed E-state index contributed by atoms with van der Waals surface area (Å²) in [7, 11) is 0. The van der Waals surface area contributed by atoms with Gasteiger partial charge in [-0.3, -0.25) is 0 Å². The standard InChI is InChI=1S/C13H11BrClNO/c1-8-6-9(15)2-4-12(8)17-13-5-3-10(16)7-11(13)14/h2-7H,16H2,1H3. The fraction of sp³-hybridized carbons (Fsp3) is 0.0769. The maximum atomic E-state index is 5.89. The summed E-state index contributed by atoms with van der Waals surface area (Å²) in [6, 6.07) is 10.9. The molecule has 0 amide bonds. The highest BCUT2D eigenvalue weighted by atomic mass is 79.9. The molecule has 0 atom stereocenters. The Labute approximate surface area is 113 Å². The molecule has 2 aromatic rings. The van der Waals surface area contributed by atoms with Crippen LogP contribution in [0, 0.1) is 6.92 Å². The number of rotatable bonds is 2. The first-order valence-electron chi connectivity index (χ1n) is 5.05. The Hall–Kier alpha value is -1.19. The van der Waals surface area contributed by atoms with Gasteiger partial charge in [0.1, 0.15) is 11.5 Å². The van der Waals surface area contributed by atoms with Crippen LogP contribution in [-0.4, -0.2) is 0 Å². The van der Waals surface area contributed by atoms with Crippen molar-refractivity contribution in [3.8, 4) is 11.5 Å². The van der Waals surface area contributed by atoms with Crippen LogP contribution in [0.5, 0.6) is 11.5 Å². The Balaban J connectivity index is 2.31. The Bertz CT molecular complexity index is 508. The maximum absolute atomic E-state index is 5.89. The molecule has 0 aromatic heterocycles. The van der Waals surface area contributed by atoms with Crippen LogP contribution in [0.3, 0.4) is 0 Å². The van der Waals surface area contributed by atoms with Crippen LogP contribution in [0.15, 0.2) is 40.9 Å². The smallest absolute Gasteiger partial charge is 0.141 e. The molecule has 0 unspecified atom stereocenters. The average Bonchev–Trinajstić information content (AvgIpc) is 2.25. The van der Waals surface area contributed by atoms with Crippen molar-refractivity contribution in [1.82, 2.24) is 0 Å². The van der Waals surface area contributed by atoms with Crippen molar-refractivity contribution in [1.29, 1.82) is 0 Å². The van der Waals surface area contributed by atoms with Crippen LogP contribution in [0.2, 0.25) is 5.02 Å². The van der Waals surface area contributed by atoms with E-state index < -0.39 is 0 Å². The van der Waals surface area contributed by atoms with Gasteiger partial charge in [-0.15, -0.1) is 0 Å².